The van der Waals surface area contributed by atoms with Gasteiger partial charge in [0.25, 0.3) is 0 Å². The number of phenolic OH excluding ortho intramolecular Hbond substituents is 1. The molecule has 3 aromatic rings. The molecular formula is C33H46N2O6. The van der Waals surface area contributed by atoms with Gasteiger partial charge in [-0.2, -0.15) is 0 Å². The molecule has 3 N–H and O–H groups in total. The molecule has 2 unspecified atom stereocenters. The van der Waals surface area contributed by atoms with Crippen LogP contribution in [0.4, 0.5) is 5.69 Å². The molecule has 0 heterocycles. The molecule has 0 aliphatic rings. The quantitative estimate of drug-likeness (QED) is 0.150. The van der Waals surface area contributed by atoms with Crippen LogP contribution in [0.15, 0.2) is 60.7 Å². The van der Waals surface area contributed by atoms with E-state index in [9.17, 15) is 10.2 Å². The molecule has 0 saturated heterocycles. The van der Waals surface area contributed by atoms with Gasteiger partial charge >= 0.3 is 0 Å². The molecule has 224 valence electrons. The lowest BCUT2D eigenvalue weighted by Gasteiger charge is -2.43. The highest BCUT2D eigenvalue weighted by molar-refractivity contribution is 5.50. The smallest absolute Gasteiger partial charge is 0.161 e. The second-order valence-electron chi connectivity index (χ2n) is 10.7. The average molecular weight is 567 g/mol. The summed E-state index contributed by atoms with van der Waals surface area (Å²) in [6.07, 6.45) is 1.57. The summed E-state index contributed by atoms with van der Waals surface area (Å²) in [6, 6.07) is 18.7. The normalized spacial score (nSPS) is 13.5. The van der Waals surface area contributed by atoms with Crippen LogP contribution in [-0.2, 0) is 11.8 Å². The topological polar surface area (TPSA) is 92.7 Å². The lowest BCUT2D eigenvalue weighted by molar-refractivity contribution is 0.0609. The van der Waals surface area contributed by atoms with Crippen molar-refractivity contribution in [3.63, 3.8) is 0 Å². The van der Waals surface area contributed by atoms with Gasteiger partial charge < -0.3 is 39.4 Å². The van der Waals surface area contributed by atoms with Gasteiger partial charge in [0, 0.05) is 17.6 Å². The summed E-state index contributed by atoms with van der Waals surface area (Å²) in [5.74, 6) is 2.99. The van der Waals surface area contributed by atoms with E-state index in [0.29, 0.717) is 11.5 Å². The predicted molar refractivity (Wildman–Crippen MR) is 164 cm³/mol. The van der Waals surface area contributed by atoms with Gasteiger partial charge in [0.15, 0.2) is 23.0 Å². The summed E-state index contributed by atoms with van der Waals surface area (Å²) >= 11 is 0. The first-order valence-corrected chi connectivity index (χ1v) is 14.0. The number of benzene rings is 3. The number of methoxy groups -OCH3 is 4. The van der Waals surface area contributed by atoms with E-state index in [-0.39, 0.29) is 11.7 Å². The monoisotopic (exact) mass is 566 g/mol. The molecule has 41 heavy (non-hydrogen) atoms. The third kappa shape index (κ3) is 7.77. The van der Waals surface area contributed by atoms with Gasteiger partial charge in [0.2, 0.25) is 0 Å². The molecule has 8 heteroatoms. The zero-order valence-electron chi connectivity index (χ0n) is 25.4. The van der Waals surface area contributed by atoms with E-state index in [1.54, 1.807) is 52.7 Å². The van der Waals surface area contributed by atoms with Crippen LogP contribution < -0.4 is 24.3 Å². The molecule has 0 bridgehead atoms. The number of likely N-dealkylation sites (N-methyl/N-ethyl adjacent to an activating group) is 1. The minimum Gasteiger partial charge on any atom is -0.508 e. The zero-order valence-corrected chi connectivity index (χ0v) is 25.4. The fourth-order valence-electron chi connectivity index (χ4n) is 5.46. The first-order valence-electron chi connectivity index (χ1n) is 14.0. The van der Waals surface area contributed by atoms with Crippen molar-refractivity contribution >= 4 is 5.69 Å². The predicted octanol–water partition coefficient (Wildman–Crippen LogP) is 5.71. The van der Waals surface area contributed by atoms with Crippen LogP contribution >= 0.6 is 0 Å². The van der Waals surface area contributed by atoms with Crippen molar-refractivity contribution in [2.45, 2.75) is 44.8 Å². The van der Waals surface area contributed by atoms with E-state index >= 15 is 0 Å². The molecule has 0 aliphatic heterocycles. The number of nitrogens with zero attached hydrogens (tertiary/aromatic N) is 1. The van der Waals surface area contributed by atoms with Gasteiger partial charge in [-0.15, -0.1) is 0 Å². The number of hydrogen-bond donors (Lipinski definition) is 3. The molecule has 3 rings (SSSR count). The summed E-state index contributed by atoms with van der Waals surface area (Å²) in [7, 11) is 8.66. The van der Waals surface area contributed by atoms with Gasteiger partial charge in [0.05, 0.1) is 28.4 Å². The molecule has 0 aromatic heterocycles. The van der Waals surface area contributed by atoms with Crippen molar-refractivity contribution in [1.29, 1.82) is 0 Å². The molecule has 2 atom stereocenters. The van der Waals surface area contributed by atoms with Crippen molar-refractivity contribution < 1.29 is 29.2 Å². The van der Waals surface area contributed by atoms with Gasteiger partial charge in [0.1, 0.15) is 12.0 Å². The third-order valence-corrected chi connectivity index (χ3v) is 7.97. The van der Waals surface area contributed by atoms with E-state index < -0.39 is 11.6 Å². The van der Waals surface area contributed by atoms with E-state index in [1.807, 2.05) is 30.3 Å². The number of phenols is 1. The highest BCUT2D eigenvalue weighted by Crippen LogP contribution is 2.43. The van der Waals surface area contributed by atoms with Crippen LogP contribution in [0.5, 0.6) is 28.7 Å². The molecule has 0 fully saturated rings. The second-order valence-corrected chi connectivity index (χ2v) is 10.7. The minimum absolute atomic E-state index is 0.0808. The third-order valence-electron chi connectivity index (χ3n) is 7.97. The zero-order chi connectivity index (χ0) is 30.0. The largest absolute Gasteiger partial charge is 0.508 e. The highest BCUT2D eigenvalue weighted by Gasteiger charge is 2.43. The number of ether oxygens (including phenoxy) is 4. The van der Waals surface area contributed by atoms with Gasteiger partial charge in [-0.1, -0.05) is 26.0 Å². The minimum atomic E-state index is -0.901. The van der Waals surface area contributed by atoms with Crippen LogP contribution in [0.2, 0.25) is 0 Å². The van der Waals surface area contributed by atoms with Crippen molar-refractivity contribution in [3.8, 4) is 28.7 Å². The molecule has 0 amide bonds. The Balaban J connectivity index is 1.80. The molecular weight excluding hydrogens is 520 g/mol. The number of nitrogens with one attached hydrogen (secondary N) is 1. The molecule has 0 saturated carbocycles. The Labute approximate surface area is 244 Å². The van der Waals surface area contributed by atoms with Crippen LogP contribution in [-0.4, -0.2) is 69.9 Å². The van der Waals surface area contributed by atoms with Crippen LogP contribution in [0.25, 0.3) is 0 Å². The average Bonchev–Trinajstić information content (AvgIpc) is 2.98. The van der Waals surface area contributed by atoms with E-state index in [1.165, 1.54) is 5.56 Å². The van der Waals surface area contributed by atoms with Crippen LogP contribution in [0.1, 0.15) is 37.8 Å². The number of anilines is 1. The number of hydrogen-bond acceptors (Lipinski definition) is 8. The van der Waals surface area contributed by atoms with Crippen LogP contribution in [0, 0.1) is 5.92 Å². The standard InChI is InChI=1S/C33H46N2O6/c1-23(2)33(25-10-16-29(39-5)31(22-25)41-7,32(37)34-26-11-13-27(36)14-12-26)18-8-19-35(3)20-17-24-9-15-28(38-4)30(21-24)40-6/h9-16,21-23,32,34,36-37H,8,17-20H2,1-7H3. The van der Waals surface area contributed by atoms with Gasteiger partial charge in [-0.25, -0.2) is 0 Å². The van der Waals surface area contributed by atoms with Gasteiger partial charge in [-0.3, -0.25) is 0 Å². The van der Waals surface area contributed by atoms with E-state index in [2.05, 4.69) is 37.2 Å². The summed E-state index contributed by atoms with van der Waals surface area (Å²) in [5.41, 5.74) is 2.25. The summed E-state index contributed by atoms with van der Waals surface area (Å²) in [4.78, 5) is 2.32. The fourth-order valence-corrected chi connectivity index (χ4v) is 5.46. The Bertz CT molecular complexity index is 1230. The summed E-state index contributed by atoms with van der Waals surface area (Å²) in [5, 5.41) is 24.8. The van der Waals surface area contributed by atoms with Gasteiger partial charge in [-0.05, 0) is 98.4 Å². The first-order chi connectivity index (χ1) is 19.7. The Morgan fingerprint density at radius 2 is 1.37 bits per heavy atom. The highest BCUT2D eigenvalue weighted by atomic mass is 16.5. The summed E-state index contributed by atoms with van der Waals surface area (Å²) in [6.45, 7) is 6.02. The SMILES string of the molecule is COc1ccc(CCN(C)CCCC(c2ccc(OC)c(OC)c2)(C(C)C)C(O)Nc2ccc(O)cc2)cc1OC. The molecule has 3 aromatic carbocycles. The first kappa shape index (κ1) is 31.9. The van der Waals surface area contributed by atoms with Crippen molar-refractivity contribution in [2.24, 2.45) is 5.92 Å². The molecule has 0 radical (unpaired) electrons. The van der Waals surface area contributed by atoms with Crippen LogP contribution in [0.3, 0.4) is 0 Å². The lowest BCUT2D eigenvalue weighted by atomic mass is 9.67. The second kappa shape index (κ2) is 14.8. The number of aliphatic hydroxyl groups excluding tert-OH is 1. The molecule has 0 spiro atoms. The maximum atomic E-state index is 11.8. The number of rotatable bonds is 16. The lowest BCUT2D eigenvalue weighted by Crippen LogP contribution is -2.48. The van der Waals surface area contributed by atoms with E-state index in [0.717, 1.165) is 55.1 Å². The Kier molecular flexibility index (Phi) is 11.6. The summed E-state index contributed by atoms with van der Waals surface area (Å²) < 4.78 is 21.9. The van der Waals surface area contributed by atoms with Crippen molar-refractivity contribution in [3.05, 3.63) is 71.8 Å². The Morgan fingerprint density at radius 3 is 1.95 bits per heavy atom. The Hall–Kier alpha value is -3.62. The van der Waals surface area contributed by atoms with Crippen molar-refractivity contribution in [2.75, 3.05) is 53.9 Å². The maximum absolute atomic E-state index is 11.8. The number of aromatic hydroxyl groups is 1. The van der Waals surface area contributed by atoms with E-state index in [4.69, 9.17) is 18.9 Å². The fraction of sp³-hybridized carbons (Fsp3) is 0.455. The Morgan fingerprint density at radius 1 is 0.780 bits per heavy atom. The maximum Gasteiger partial charge on any atom is 0.161 e. The molecule has 0 aliphatic carbocycles. The molecule has 8 nitrogen and oxygen atoms in total. The number of aliphatic hydroxyl groups is 1. The van der Waals surface area contributed by atoms with Crippen molar-refractivity contribution in [1.82, 2.24) is 4.90 Å².